The maximum Gasteiger partial charge on any atom is 0.231 e. The lowest BCUT2D eigenvalue weighted by atomic mass is 9.62. The number of Topliss-reactive ketones (excluding diaryl/α,β-unsaturated/α-hetero) is 6. The van der Waals surface area contributed by atoms with Crippen LogP contribution in [-0.4, -0.2) is 186 Å². The summed E-state index contributed by atoms with van der Waals surface area (Å²) in [5.41, 5.74) is 9.57. The molecule has 6 fully saturated rings. The van der Waals surface area contributed by atoms with Gasteiger partial charge in [-0.15, -0.1) is 0 Å². The lowest BCUT2D eigenvalue weighted by molar-refractivity contribution is 0.0897. The van der Waals surface area contributed by atoms with Gasteiger partial charge in [0.25, 0.3) is 0 Å². The van der Waals surface area contributed by atoms with Crippen molar-refractivity contribution >= 4 is 46.3 Å². The Balaban J connectivity index is 0.000000128. The molecule has 7 heterocycles. The van der Waals surface area contributed by atoms with Gasteiger partial charge in [-0.3, -0.25) is 28.8 Å². The lowest BCUT2D eigenvalue weighted by Gasteiger charge is -2.42. The van der Waals surface area contributed by atoms with Crippen LogP contribution in [0, 0.1) is 24.4 Å². The SMILES string of the molecule is COc1cc(C)cc(C2(Cc3ncc(C(=O)CO)cn3)CC2)c1.COc1ccccc1C1(Cc2ncc(C(=O)CO)cn2)CC1.O=C(CO)c1cnc(CC2(c3cc(F)cc(F)c3)CC2)nc1.O=C(CO)c1cnc(CC2(c3ccc(F)c(Cl)c3)CC2)nc1.O=C(CO)c1cnc(CC2(c3ccc4c(c3)OCO4)CC2)nc1.O=C(CO)c1cnc(CC2(c3ccccc3)CCC2)nc1. The predicted octanol–water partition coefficient (Wildman–Crippen LogP) is 13.1. The molecule has 32 heteroatoms. The summed E-state index contributed by atoms with van der Waals surface area (Å²) in [6.07, 6.45) is 35.2. The molecular formula is C101H100ClF3N12O16. The summed E-state index contributed by atoms with van der Waals surface area (Å²) in [5, 5.41) is 53.1. The zero-order chi connectivity index (χ0) is 94.1. The van der Waals surface area contributed by atoms with Crippen molar-refractivity contribution in [2.75, 3.05) is 60.7 Å². The first-order valence-corrected chi connectivity index (χ1v) is 44.0. The van der Waals surface area contributed by atoms with Crippen LogP contribution in [0.3, 0.4) is 0 Å². The minimum Gasteiger partial charge on any atom is -0.497 e. The number of para-hydroxylation sites is 1. The molecule has 19 rings (SSSR count). The standard InChI is InChI=1S/C18H20N2O3.C17H16N2O4.C17H18N2O3.C17H18N2O2.C16H14ClFN2O2.C16H14F2N2O2/c1-12-5-14(7-15(6-12)23-2)18(3-4-18)8-17-19-9-13(10-20-17)16(22)11-21;20-9-13(21)11-7-18-16(19-8-11)6-17(3-4-17)12-1-2-14-15(5-12)23-10-22-14;1-22-15-5-3-2-4-13(15)17(6-7-17)8-16-18-9-12(10-19-16)14(21)11-20;20-12-15(21)13-10-18-16(19-11-13)9-17(7-4-8-17)14-5-2-1-3-6-14;17-12-5-11(1-2-13(12)18)16(3-4-16)6-15-19-7-10(8-20-15)14(22)9-21;17-12-3-11(4-13(18)5-12)16(1-2-16)6-15-19-7-10(8-20-15)14(22)9-21/h5-7,9-10,21H,3-4,8,11H2,1-2H3;1-2,5,7-8,20H,3-4,6,9-10H2;2-5,9-10,20H,6-8,11H2,1H3;1-3,5-6,10-11,20H,4,7-9,12H2;1-2,5,7-8,21H,3-4,6,9H2;3-5,7-8,21H,1-2,6,9H2. The third-order valence-electron chi connectivity index (χ3n) is 25.5. The van der Waals surface area contributed by atoms with Crippen molar-refractivity contribution in [2.24, 2.45) is 0 Å². The van der Waals surface area contributed by atoms with E-state index in [0.29, 0.717) is 69.5 Å². The second kappa shape index (κ2) is 42.6. The van der Waals surface area contributed by atoms with E-state index < -0.39 is 68.7 Å². The van der Waals surface area contributed by atoms with Crippen molar-refractivity contribution in [3.05, 3.63) is 332 Å². The van der Waals surface area contributed by atoms with E-state index in [1.54, 1.807) is 26.4 Å². The number of halogens is 4. The van der Waals surface area contributed by atoms with Crippen LogP contribution in [0.25, 0.3) is 0 Å². The number of carbonyl (C=O) groups is 6. The number of aliphatic hydroxyl groups is 6. The van der Waals surface area contributed by atoms with Crippen molar-refractivity contribution in [1.82, 2.24) is 59.8 Å². The van der Waals surface area contributed by atoms with Crippen LogP contribution in [0.2, 0.25) is 5.02 Å². The fourth-order valence-corrected chi connectivity index (χ4v) is 16.8. The number of ketones is 6. The molecule has 0 amide bonds. The van der Waals surface area contributed by atoms with Gasteiger partial charge in [-0.25, -0.2) is 73.0 Å². The number of fused-ring (bicyclic) bond motifs is 1. The minimum absolute atomic E-state index is 0.0368. The predicted molar refractivity (Wildman–Crippen MR) is 481 cm³/mol. The van der Waals surface area contributed by atoms with E-state index in [1.165, 1.54) is 127 Å². The number of hydrogen-bond donors (Lipinski definition) is 6. The quantitative estimate of drug-likeness (QED) is 0.0213. The second-order valence-corrected chi connectivity index (χ2v) is 35.0. The monoisotopic (exact) mass is 1830 g/mol. The number of aryl methyl sites for hydroxylation is 1. The minimum atomic E-state index is -0.592. The Kier molecular flexibility index (Phi) is 30.7. The van der Waals surface area contributed by atoms with Gasteiger partial charge in [0.1, 0.15) is 104 Å². The molecule has 0 atom stereocenters. The molecule has 0 bridgehead atoms. The normalized spacial score (nSPS) is 15.9. The molecule has 688 valence electrons. The number of methoxy groups -OCH3 is 2. The van der Waals surface area contributed by atoms with Gasteiger partial charge in [0, 0.05) is 157 Å². The Morgan fingerprint density at radius 3 is 1.00 bits per heavy atom. The molecule has 6 aromatic carbocycles. The fraction of sp³-hybridized carbons (Fsp3) is 0.347. The van der Waals surface area contributed by atoms with Crippen molar-refractivity contribution in [3.8, 4) is 23.0 Å². The Hall–Kier alpha value is -13.1. The molecule has 12 aromatic rings. The van der Waals surface area contributed by atoms with Gasteiger partial charge >= 0.3 is 0 Å². The topological polar surface area (TPSA) is 415 Å². The number of benzene rings is 6. The van der Waals surface area contributed by atoms with E-state index in [0.717, 1.165) is 149 Å². The summed E-state index contributed by atoms with van der Waals surface area (Å²) in [5.74, 6) is 3.46. The van der Waals surface area contributed by atoms with Crippen LogP contribution in [-0.2, 0) is 71.0 Å². The summed E-state index contributed by atoms with van der Waals surface area (Å²) >= 11 is 5.85. The number of carbonyl (C=O) groups excluding carboxylic acids is 6. The van der Waals surface area contributed by atoms with Gasteiger partial charge < -0.3 is 49.6 Å². The molecule has 6 aliphatic carbocycles. The number of nitrogens with zero attached hydrogens (tertiary/aromatic N) is 12. The first kappa shape index (κ1) is 95.9. The van der Waals surface area contributed by atoms with Crippen molar-refractivity contribution in [1.29, 1.82) is 0 Å². The third-order valence-corrected chi connectivity index (χ3v) is 25.8. The number of ether oxygens (including phenoxy) is 4. The lowest BCUT2D eigenvalue weighted by Crippen LogP contribution is -2.37. The molecule has 28 nitrogen and oxygen atoms in total. The maximum absolute atomic E-state index is 13.4. The van der Waals surface area contributed by atoms with E-state index in [2.05, 4.69) is 115 Å². The van der Waals surface area contributed by atoms with Gasteiger partial charge in [0.15, 0.2) is 46.2 Å². The molecule has 6 N–H and O–H groups in total. The summed E-state index contributed by atoms with van der Waals surface area (Å²) in [7, 11) is 3.36. The van der Waals surface area contributed by atoms with E-state index >= 15 is 0 Å². The Morgan fingerprint density at radius 1 is 0.338 bits per heavy atom. The molecule has 7 aliphatic rings. The molecule has 0 radical (unpaired) electrons. The fourth-order valence-electron chi connectivity index (χ4n) is 16.6. The van der Waals surface area contributed by atoms with E-state index in [-0.39, 0.29) is 73.0 Å². The summed E-state index contributed by atoms with van der Waals surface area (Å²) < 4.78 is 61.7. The highest BCUT2D eigenvalue weighted by atomic mass is 35.5. The Labute approximate surface area is 770 Å². The number of aliphatic hydroxyl groups excluding tert-OH is 6. The molecule has 0 saturated heterocycles. The molecule has 0 unspecified atom stereocenters. The van der Waals surface area contributed by atoms with E-state index in [1.807, 2.05) is 42.5 Å². The molecule has 6 saturated carbocycles. The zero-order valence-electron chi connectivity index (χ0n) is 73.6. The largest absolute Gasteiger partial charge is 0.497 e. The highest BCUT2D eigenvalue weighted by molar-refractivity contribution is 6.30. The number of hydrogen-bond acceptors (Lipinski definition) is 28. The van der Waals surface area contributed by atoms with Crippen molar-refractivity contribution in [2.45, 2.75) is 161 Å². The van der Waals surface area contributed by atoms with Crippen LogP contribution in [0.4, 0.5) is 13.2 Å². The summed E-state index contributed by atoms with van der Waals surface area (Å²) in [6, 6.07) is 39.2. The molecule has 133 heavy (non-hydrogen) atoms. The number of rotatable bonds is 32. The van der Waals surface area contributed by atoms with Gasteiger partial charge in [0.2, 0.25) is 6.79 Å². The van der Waals surface area contributed by atoms with Crippen LogP contribution in [0.1, 0.15) is 220 Å². The van der Waals surface area contributed by atoms with Crippen LogP contribution < -0.4 is 18.9 Å². The Bertz CT molecular complexity index is 6110. The first-order valence-electron chi connectivity index (χ1n) is 43.6. The second-order valence-electron chi connectivity index (χ2n) is 34.6. The Morgan fingerprint density at radius 2 is 0.662 bits per heavy atom. The average molecular weight is 1830 g/mol. The summed E-state index contributed by atoms with van der Waals surface area (Å²) in [4.78, 5) is 119. The maximum atomic E-state index is 13.4. The molecule has 0 spiro atoms. The molecule has 6 aromatic heterocycles. The summed E-state index contributed by atoms with van der Waals surface area (Å²) in [6.45, 7) is -0.872. The van der Waals surface area contributed by atoms with Crippen LogP contribution in [0.15, 0.2) is 202 Å². The average Bonchev–Trinajstić information content (AvgIpc) is 1.68. The third kappa shape index (κ3) is 23.9. The smallest absolute Gasteiger partial charge is 0.231 e. The van der Waals surface area contributed by atoms with Crippen LogP contribution in [0.5, 0.6) is 23.0 Å². The van der Waals surface area contributed by atoms with Gasteiger partial charge in [-0.05, 0) is 172 Å². The van der Waals surface area contributed by atoms with E-state index in [4.69, 9.17) is 61.2 Å². The molecular weight excluding hydrogens is 1730 g/mol. The van der Waals surface area contributed by atoms with Crippen LogP contribution >= 0.6 is 11.6 Å². The van der Waals surface area contributed by atoms with Gasteiger partial charge in [-0.2, -0.15) is 0 Å². The van der Waals surface area contributed by atoms with Crippen molar-refractivity contribution in [3.63, 3.8) is 0 Å². The first-order chi connectivity index (χ1) is 64.2. The van der Waals surface area contributed by atoms with E-state index in [9.17, 15) is 41.9 Å². The highest BCUT2D eigenvalue weighted by Crippen LogP contribution is 2.56. The molecule has 1 aliphatic heterocycles. The zero-order valence-corrected chi connectivity index (χ0v) is 74.3. The van der Waals surface area contributed by atoms with Gasteiger partial charge in [-0.1, -0.05) is 84.8 Å². The van der Waals surface area contributed by atoms with Gasteiger partial charge in [0.05, 0.1) is 52.6 Å². The van der Waals surface area contributed by atoms with Crippen molar-refractivity contribution < 1.29 is 91.5 Å². The number of aromatic nitrogens is 12. The highest BCUT2D eigenvalue weighted by Gasteiger charge is 2.50.